The van der Waals surface area contributed by atoms with E-state index in [2.05, 4.69) is 5.10 Å². The Kier molecular flexibility index (Phi) is 3.55. The maximum atomic E-state index is 11.5. The molecule has 0 aromatic carbocycles. The second-order valence-corrected chi connectivity index (χ2v) is 3.12. The lowest BCUT2D eigenvalue weighted by Crippen LogP contribution is -2.17. The summed E-state index contributed by atoms with van der Waals surface area (Å²) in [6, 6.07) is 1.25. The van der Waals surface area contributed by atoms with Crippen LogP contribution in [0, 0.1) is 0 Å². The molecule has 1 heterocycles. The van der Waals surface area contributed by atoms with Crippen LogP contribution in [0.15, 0.2) is 6.07 Å². The average molecular weight is 224 g/mol. The number of ether oxygens (including phenoxy) is 1. The van der Waals surface area contributed by atoms with Gasteiger partial charge >= 0.3 is 5.97 Å². The van der Waals surface area contributed by atoms with Crippen LogP contribution in [0.1, 0.15) is 46.5 Å². The van der Waals surface area contributed by atoms with Crippen molar-refractivity contribution in [3.05, 3.63) is 17.5 Å². The summed E-state index contributed by atoms with van der Waals surface area (Å²) in [4.78, 5) is 33.7. The van der Waals surface area contributed by atoms with Crippen LogP contribution in [0.4, 0.5) is 0 Å². The number of carbonyl (C=O) groups is 3. The molecule has 6 nitrogen and oxygen atoms in total. The normalized spacial score (nSPS) is 9.94. The Morgan fingerprint density at radius 1 is 1.38 bits per heavy atom. The second-order valence-electron chi connectivity index (χ2n) is 3.12. The molecule has 0 fully saturated rings. The Morgan fingerprint density at radius 3 is 2.44 bits per heavy atom. The number of rotatable bonds is 3. The largest absolute Gasteiger partial charge is 0.461 e. The number of nitrogens with zero attached hydrogens (tertiary/aromatic N) is 2. The Bertz CT molecular complexity index is 448. The summed E-state index contributed by atoms with van der Waals surface area (Å²) >= 11 is 0. The van der Waals surface area contributed by atoms with E-state index in [0.29, 0.717) is 0 Å². The fraction of sp³-hybridized carbons (Fsp3) is 0.400. The smallest absolute Gasteiger partial charge is 0.357 e. The van der Waals surface area contributed by atoms with Gasteiger partial charge in [0.15, 0.2) is 11.5 Å². The van der Waals surface area contributed by atoms with Crippen molar-refractivity contribution in [1.82, 2.24) is 9.78 Å². The predicted molar refractivity (Wildman–Crippen MR) is 54.5 cm³/mol. The van der Waals surface area contributed by atoms with Gasteiger partial charge in [-0.1, -0.05) is 0 Å². The van der Waals surface area contributed by atoms with Gasteiger partial charge in [-0.05, 0) is 6.92 Å². The maximum Gasteiger partial charge on any atom is 0.357 e. The minimum atomic E-state index is -0.669. The van der Waals surface area contributed by atoms with Gasteiger partial charge in [0.05, 0.1) is 6.61 Å². The van der Waals surface area contributed by atoms with E-state index in [-0.39, 0.29) is 23.8 Å². The third-order valence-corrected chi connectivity index (χ3v) is 1.85. The zero-order valence-electron chi connectivity index (χ0n) is 9.31. The van der Waals surface area contributed by atoms with Crippen molar-refractivity contribution in [3.8, 4) is 0 Å². The van der Waals surface area contributed by atoms with Gasteiger partial charge in [0.1, 0.15) is 5.69 Å². The van der Waals surface area contributed by atoms with E-state index in [1.54, 1.807) is 6.92 Å². The van der Waals surface area contributed by atoms with Gasteiger partial charge in [0.25, 0.3) is 0 Å². The number of hydrogen-bond donors (Lipinski definition) is 0. The first-order valence-electron chi connectivity index (χ1n) is 4.76. The van der Waals surface area contributed by atoms with Crippen molar-refractivity contribution >= 4 is 17.7 Å². The molecule has 0 radical (unpaired) electrons. The van der Waals surface area contributed by atoms with Gasteiger partial charge in [0, 0.05) is 19.9 Å². The third kappa shape index (κ3) is 2.33. The van der Waals surface area contributed by atoms with Crippen LogP contribution >= 0.6 is 0 Å². The summed E-state index contributed by atoms with van der Waals surface area (Å²) in [5, 5.41) is 3.73. The van der Waals surface area contributed by atoms with Gasteiger partial charge in [-0.25, -0.2) is 4.79 Å². The van der Waals surface area contributed by atoms with E-state index in [9.17, 15) is 14.4 Å². The second kappa shape index (κ2) is 4.69. The fourth-order valence-corrected chi connectivity index (χ4v) is 1.14. The van der Waals surface area contributed by atoms with Crippen LogP contribution < -0.4 is 0 Å². The lowest BCUT2D eigenvalue weighted by atomic mass is 10.3. The lowest BCUT2D eigenvalue weighted by Gasteiger charge is -2.01. The van der Waals surface area contributed by atoms with Crippen LogP contribution in [-0.2, 0) is 4.74 Å². The van der Waals surface area contributed by atoms with Gasteiger partial charge in [-0.2, -0.15) is 9.78 Å². The summed E-state index contributed by atoms with van der Waals surface area (Å²) < 4.78 is 5.62. The number of ketones is 1. The molecule has 0 saturated heterocycles. The molecule has 0 atom stereocenters. The van der Waals surface area contributed by atoms with Crippen molar-refractivity contribution in [1.29, 1.82) is 0 Å². The Hall–Kier alpha value is -1.98. The highest BCUT2D eigenvalue weighted by atomic mass is 16.5. The van der Waals surface area contributed by atoms with Crippen molar-refractivity contribution in [2.24, 2.45) is 0 Å². The molecular formula is C10H12N2O4. The highest BCUT2D eigenvalue weighted by Crippen LogP contribution is 2.07. The lowest BCUT2D eigenvalue weighted by molar-refractivity contribution is 0.0506. The first-order chi connectivity index (χ1) is 7.47. The molecule has 0 aliphatic heterocycles. The molecule has 0 bridgehead atoms. The van der Waals surface area contributed by atoms with Crippen LogP contribution in [0.25, 0.3) is 0 Å². The molecule has 0 amide bonds. The SMILES string of the molecule is CCOC(=O)c1cc(C(C)=O)nn1C(C)=O. The molecule has 86 valence electrons. The number of carbonyl (C=O) groups excluding carboxylic acids is 3. The molecule has 0 aliphatic rings. The summed E-state index contributed by atoms with van der Waals surface area (Å²) in [6.45, 7) is 4.40. The van der Waals surface area contributed by atoms with Crippen LogP contribution in [0.5, 0.6) is 0 Å². The standard InChI is InChI=1S/C10H12N2O4/c1-4-16-10(15)9-5-8(6(2)13)11-12(9)7(3)14/h5H,4H2,1-3H3. The number of aromatic nitrogens is 2. The van der Waals surface area contributed by atoms with Gasteiger partial charge in [-0.3, -0.25) is 9.59 Å². The number of esters is 1. The van der Waals surface area contributed by atoms with Gasteiger partial charge in [0.2, 0.25) is 5.91 Å². The van der Waals surface area contributed by atoms with E-state index in [1.165, 1.54) is 19.9 Å². The van der Waals surface area contributed by atoms with Crippen molar-refractivity contribution in [3.63, 3.8) is 0 Å². The van der Waals surface area contributed by atoms with Crippen LogP contribution in [0.2, 0.25) is 0 Å². The van der Waals surface area contributed by atoms with Crippen LogP contribution in [-0.4, -0.2) is 34.0 Å². The molecule has 1 aromatic heterocycles. The molecule has 6 heteroatoms. The quantitative estimate of drug-likeness (QED) is 0.563. The molecule has 0 unspecified atom stereocenters. The summed E-state index contributed by atoms with van der Waals surface area (Å²) in [5.41, 5.74) is 0.0396. The highest BCUT2D eigenvalue weighted by molar-refractivity contribution is 5.98. The Balaban J connectivity index is 3.20. The Labute approximate surface area is 92.2 Å². The molecule has 0 N–H and O–H groups in total. The molecule has 0 spiro atoms. The zero-order chi connectivity index (χ0) is 12.3. The first-order valence-corrected chi connectivity index (χ1v) is 4.76. The monoisotopic (exact) mass is 224 g/mol. The average Bonchev–Trinajstić information content (AvgIpc) is 2.62. The minimum Gasteiger partial charge on any atom is -0.461 e. The minimum absolute atomic E-state index is 0.0282. The van der Waals surface area contributed by atoms with Crippen molar-refractivity contribution < 1.29 is 19.1 Å². The molecule has 1 aromatic rings. The maximum absolute atomic E-state index is 11.5. The number of hydrogen-bond acceptors (Lipinski definition) is 5. The van der Waals surface area contributed by atoms with Crippen LogP contribution in [0.3, 0.4) is 0 Å². The van der Waals surface area contributed by atoms with E-state index in [4.69, 9.17) is 4.74 Å². The molecule has 16 heavy (non-hydrogen) atoms. The first kappa shape index (κ1) is 12.1. The summed E-state index contributed by atoms with van der Waals surface area (Å²) in [5.74, 6) is -1.43. The molecule has 1 rings (SSSR count). The van der Waals surface area contributed by atoms with E-state index in [0.717, 1.165) is 4.68 Å². The zero-order valence-corrected chi connectivity index (χ0v) is 9.31. The van der Waals surface area contributed by atoms with Gasteiger partial charge in [-0.15, -0.1) is 0 Å². The van der Waals surface area contributed by atoms with E-state index < -0.39 is 11.9 Å². The summed E-state index contributed by atoms with van der Waals surface area (Å²) in [7, 11) is 0. The fourth-order valence-electron chi connectivity index (χ4n) is 1.14. The number of Topliss-reactive ketones (excluding diaryl/α,β-unsaturated/α-hetero) is 1. The molecule has 0 saturated carbocycles. The Morgan fingerprint density at radius 2 is 2.00 bits per heavy atom. The topological polar surface area (TPSA) is 78.3 Å². The van der Waals surface area contributed by atoms with Gasteiger partial charge < -0.3 is 4.74 Å². The predicted octanol–water partition coefficient (Wildman–Crippen LogP) is 0.922. The molecular weight excluding hydrogens is 212 g/mol. The highest BCUT2D eigenvalue weighted by Gasteiger charge is 2.20. The molecule has 0 aliphatic carbocycles. The summed E-state index contributed by atoms with van der Waals surface area (Å²) in [6.07, 6.45) is 0. The van der Waals surface area contributed by atoms with E-state index >= 15 is 0 Å². The van der Waals surface area contributed by atoms with E-state index in [1.807, 2.05) is 0 Å². The third-order valence-electron chi connectivity index (χ3n) is 1.85. The van der Waals surface area contributed by atoms with Crippen molar-refractivity contribution in [2.75, 3.05) is 6.61 Å². The van der Waals surface area contributed by atoms with Crippen molar-refractivity contribution in [2.45, 2.75) is 20.8 Å².